The highest BCUT2D eigenvalue weighted by molar-refractivity contribution is 5.93. The van der Waals surface area contributed by atoms with Crippen molar-refractivity contribution in [3.63, 3.8) is 0 Å². The first kappa shape index (κ1) is 18.4. The molecule has 0 saturated heterocycles. The minimum Gasteiger partial charge on any atom is -0.490 e. The molecule has 1 heterocycles. The number of rotatable bonds is 8. The average Bonchev–Trinajstić information content (AvgIpc) is 3.14. The fourth-order valence-electron chi connectivity index (χ4n) is 2.34. The molecule has 0 radical (unpaired) electrons. The van der Waals surface area contributed by atoms with Crippen molar-refractivity contribution in [2.24, 2.45) is 0 Å². The smallest absolute Gasteiger partial charge is 0.344 e. The Bertz CT molecular complexity index is 821. The number of hydrogen-bond acceptors (Lipinski definition) is 7. The molecule has 1 N–H and O–H groups in total. The Morgan fingerprint density at radius 1 is 1.00 bits per heavy atom. The van der Waals surface area contributed by atoms with Gasteiger partial charge in [0.1, 0.15) is 0 Å². The highest BCUT2D eigenvalue weighted by Crippen LogP contribution is 2.34. The van der Waals surface area contributed by atoms with E-state index in [-0.39, 0.29) is 13.4 Å². The topological polar surface area (TPSA) is 92.3 Å². The highest BCUT2D eigenvalue weighted by Gasteiger charge is 2.15. The van der Waals surface area contributed by atoms with Crippen LogP contribution in [-0.2, 0) is 14.3 Å². The second-order valence-electron chi connectivity index (χ2n) is 5.45. The summed E-state index contributed by atoms with van der Waals surface area (Å²) in [7, 11) is 0. The summed E-state index contributed by atoms with van der Waals surface area (Å²) in [5.74, 6) is 0.989. The summed E-state index contributed by atoms with van der Waals surface area (Å²) in [4.78, 5) is 23.7. The van der Waals surface area contributed by atoms with E-state index >= 15 is 0 Å². The van der Waals surface area contributed by atoms with Crippen molar-refractivity contribution < 1.29 is 33.3 Å². The standard InChI is InChI=1S/C19H19NO7/c1-2-23-14-5-3-4-6-15(14)24-11-19(22)25-10-18(21)20-13-7-8-16-17(9-13)27-12-26-16/h3-9H,2,10-12H2,1H3,(H,20,21). The Morgan fingerprint density at radius 3 is 2.52 bits per heavy atom. The zero-order valence-corrected chi connectivity index (χ0v) is 14.7. The molecule has 0 spiro atoms. The maximum atomic E-state index is 11.9. The first-order valence-electron chi connectivity index (χ1n) is 8.35. The summed E-state index contributed by atoms with van der Waals surface area (Å²) in [6.07, 6.45) is 0. The summed E-state index contributed by atoms with van der Waals surface area (Å²) in [6.45, 7) is 1.72. The Morgan fingerprint density at radius 2 is 1.74 bits per heavy atom. The Balaban J connectivity index is 1.43. The Kier molecular flexibility index (Phi) is 5.98. The van der Waals surface area contributed by atoms with Crippen LogP contribution in [-0.4, -0.2) is 38.5 Å². The van der Waals surface area contributed by atoms with E-state index in [1.165, 1.54) is 0 Å². The lowest BCUT2D eigenvalue weighted by molar-refractivity contribution is -0.149. The number of anilines is 1. The molecular formula is C19H19NO7. The number of carbonyl (C=O) groups is 2. The molecule has 1 aliphatic heterocycles. The third kappa shape index (κ3) is 5.04. The third-order valence-electron chi connectivity index (χ3n) is 3.52. The van der Waals surface area contributed by atoms with Gasteiger partial charge in [-0.05, 0) is 31.2 Å². The van der Waals surface area contributed by atoms with Crippen LogP contribution in [0, 0.1) is 0 Å². The van der Waals surface area contributed by atoms with Gasteiger partial charge in [-0.3, -0.25) is 4.79 Å². The van der Waals surface area contributed by atoms with Crippen molar-refractivity contribution in [1.82, 2.24) is 0 Å². The normalized spacial score (nSPS) is 11.6. The lowest BCUT2D eigenvalue weighted by Gasteiger charge is -2.11. The Labute approximate surface area is 155 Å². The number of carbonyl (C=O) groups excluding carboxylic acids is 2. The van der Waals surface area contributed by atoms with Gasteiger partial charge in [0.05, 0.1) is 6.61 Å². The summed E-state index contributed by atoms with van der Waals surface area (Å²) in [5.41, 5.74) is 0.516. The lowest BCUT2D eigenvalue weighted by atomic mass is 10.3. The van der Waals surface area contributed by atoms with E-state index in [4.69, 9.17) is 23.7 Å². The van der Waals surface area contributed by atoms with Crippen LogP contribution < -0.4 is 24.3 Å². The van der Waals surface area contributed by atoms with E-state index in [1.54, 1.807) is 42.5 Å². The molecule has 2 aromatic carbocycles. The van der Waals surface area contributed by atoms with Crippen LogP contribution in [0.2, 0.25) is 0 Å². The monoisotopic (exact) mass is 373 g/mol. The van der Waals surface area contributed by atoms with Gasteiger partial charge in [0.2, 0.25) is 6.79 Å². The highest BCUT2D eigenvalue weighted by atomic mass is 16.7. The molecule has 142 valence electrons. The number of benzene rings is 2. The molecule has 0 atom stereocenters. The minimum atomic E-state index is -0.665. The summed E-state index contributed by atoms with van der Waals surface area (Å²) in [6, 6.07) is 12.0. The van der Waals surface area contributed by atoms with Crippen LogP contribution in [0.4, 0.5) is 5.69 Å². The molecule has 0 fully saturated rings. The summed E-state index contributed by atoms with van der Waals surface area (Å²) >= 11 is 0. The fourth-order valence-corrected chi connectivity index (χ4v) is 2.34. The fraction of sp³-hybridized carbons (Fsp3) is 0.263. The van der Waals surface area contributed by atoms with Gasteiger partial charge in [-0.15, -0.1) is 0 Å². The number of nitrogens with one attached hydrogen (secondary N) is 1. The van der Waals surface area contributed by atoms with E-state index in [0.29, 0.717) is 35.3 Å². The van der Waals surface area contributed by atoms with Gasteiger partial charge in [0.25, 0.3) is 5.91 Å². The second kappa shape index (κ2) is 8.79. The predicted octanol–water partition coefficient (Wildman–Crippen LogP) is 2.37. The van der Waals surface area contributed by atoms with Gasteiger partial charge in [-0.1, -0.05) is 12.1 Å². The first-order chi connectivity index (χ1) is 13.2. The van der Waals surface area contributed by atoms with Crippen molar-refractivity contribution in [2.75, 3.05) is 31.9 Å². The van der Waals surface area contributed by atoms with Gasteiger partial charge >= 0.3 is 5.97 Å². The zero-order valence-electron chi connectivity index (χ0n) is 14.7. The molecule has 1 aliphatic rings. The van der Waals surface area contributed by atoms with Crippen LogP contribution >= 0.6 is 0 Å². The van der Waals surface area contributed by atoms with Crippen molar-refractivity contribution >= 4 is 17.6 Å². The van der Waals surface area contributed by atoms with Crippen LogP contribution in [0.3, 0.4) is 0 Å². The third-order valence-corrected chi connectivity index (χ3v) is 3.52. The lowest BCUT2D eigenvalue weighted by Crippen LogP contribution is -2.23. The van der Waals surface area contributed by atoms with Gasteiger partial charge in [-0.2, -0.15) is 0 Å². The van der Waals surface area contributed by atoms with E-state index in [2.05, 4.69) is 5.32 Å². The summed E-state index contributed by atoms with van der Waals surface area (Å²) < 4.78 is 26.1. The number of esters is 1. The van der Waals surface area contributed by atoms with Gasteiger partial charge in [-0.25, -0.2) is 4.79 Å². The molecule has 1 amide bonds. The molecule has 27 heavy (non-hydrogen) atoms. The number of ether oxygens (including phenoxy) is 5. The quantitative estimate of drug-likeness (QED) is 0.710. The van der Waals surface area contributed by atoms with Gasteiger partial charge in [0.15, 0.2) is 36.2 Å². The molecule has 0 bridgehead atoms. The molecular weight excluding hydrogens is 354 g/mol. The maximum absolute atomic E-state index is 11.9. The van der Waals surface area contributed by atoms with Crippen LogP contribution in [0.25, 0.3) is 0 Å². The SMILES string of the molecule is CCOc1ccccc1OCC(=O)OCC(=O)Nc1ccc2c(c1)OCO2. The predicted molar refractivity (Wildman–Crippen MR) is 95.3 cm³/mol. The minimum absolute atomic E-state index is 0.150. The number of amides is 1. The number of para-hydroxylation sites is 2. The molecule has 0 unspecified atom stereocenters. The van der Waals surface area contributed by atoms with Crippen LogP contribution in [0.1, 0.15) is 6.92 Å². The number of fused-ring (bicyclic) bond motifs is 1. The van der Waals surface area contributed by atoms with E-state index in [9.17, 15) is 9.59 Å². The van der Waals surface area contributed by atoms with Crippen LogP contribution in [0.5, 0.6) is 23.0 Å². The largest absolute Gasteiger partial charge is 0.490 e. The number of hydrogen-bond donors (Lipinski definition) is 1. The van der Waals surface area contributed by atoms with E-state index < -0.39 is 18.5 Å². The molecule has 0 aromatic heterocycles. The molecule has 0 saturated carbocycles. The van der Waals surface area contributed by atoms with Gasteiger partial charge in [0, 0.05) is 11.8 Å². The zero-order chi connectivity index (χ0) is 19.1. The summed E-state index contributed by atoms with van der Waals surface area (Å²) in [5, 5.41) is 2.61. The van der Waals surface area contributed by atoms with Crippen LogP contribution in [0.15, 0.2) is 42.5 Å². The van der Waals surface area contributed by atoms with E-state index in [0.717, 1.165) is 0 Å². The molecule has 2 aromatic rings. The van der Waals surface area contributed by atoms with E-state index in [1.807, 2.05) is 6.92 Å². The van der Waals surface area contributed by atoms with Gasteiger partial charge < -0.3 is 29.0 Å². The molecule has 0 aliphatic carbocycles. The van der Waals surface area contributed by atoms with Crippen molar-refractivity contribution in [1.29, 1.82) is 0 Å². The molecule has 3 rings (SSSR count). The van der Waals surface area contributed by atoms with Crippen molar-refractivity contribution in [3.8, 4) is 23.0 Å². The molecule has 8 nitrogen and oxygen atoms in total. The first-order valence-corrected chi connectivity index (χ1v) is 8.35. The molecule has 8 heteroatoms. The maximum Gasteiger partial charge on any atom is 0.344 e. The average molecular weight is 373 g/mol. The Hall–Kier alpha value is -3.42. The second-order valence-corrected chi connectivity index (χ2v) is 5.45. The van der Waals surface area contributed by atoms with Crippen molar-refractivity contribution in [3.05, 3.63) is 42.5 Å². The van der Waals surface area contributed by atoms with Crippen molar-refractivity contribution in [2.45, 2.75) is 6.92 Å².